The Bertz CT molecular complexity index is 999. The van der Waals surface area contributed by atoms with Crippen LogP contribution < -0.4 is 15.4 Å². The number of hydrogen-bond acceptors (Lipinski definition) is 6. The van der Waals surface area contributed by atoms with E-state index in [9.17, 15) is 14.4 Å². The first-order valence-corrected chi connectivity index (χ1v) is 9.32. The Morgan fingerprint density at radius 3 is 2.59 bits per heavy atom. The Balaban J connectivity index is 1.61. The topological polar surface area (TPSA) is 121 Å². The van der Waals surface area contributed by atoms with Crippen molar-refractivity contribution in [2.75, 3.05) is 20.2 Å². The van der Waals surface area contributed by atoms with E-state index >= 15 is 0 Å². The van der Waals surface area contributed by atoms with Crippen LogP contribution in [0.4, 0.5) is 4.79 Å². The highest BCUT2D eigenvalue weighted by atomic mass is 32.1. The van der Waals surface area contributed by atoms with E-state index < -0.39 is 23.4 Å². The molecule has 1 atom stereocenters. The number of amides is 4. The quantitative estimate of drug-likeness (QED) is 0.448. The van der Waals surface area contributed by atoms with Crippen LogP contribution in [0.3, 0.4) is 0 Å². The van der Waals surface area contributed by atoms with Crippen LogP contribution in [0.15, 0.2) is 24.3 Å². The number of benzene rings is 1. The van der Waals surface area contributed by atoms with Crippen LogP contribution in [-0.2, 0) is 28.6 Å². The van der Waals surface area contributed by atoms with Crippen LogP contribution >= 0.6 is 12.2 Å². The fraction of sp³-hybridized carbons (Fsp3) is 0.389. The first kappa shape index (κ1) is 20.5. The molecule has 11 heteroatoms. The number of imide groups is 1. The summed E-state index contributed by atoms with van der Waals surface area (Å²) in [5.41, 5.74) is -0.642. The number of methoxy groups -OCH3 is 1. The Kier molecular flexibility index (Phi) is 5.69. The lowest BCUT2D eigenvalue weighted by Crippen LogP contribution is -2.43. The molecule has 0 radical (unpaired) electrons. The molecule has 154 valence electrons. The number of nitrogens with one attached hydrogen (secondary N) is 3. The Morgan fingerprint density at radius 2 is 2.00 bits per heavy atom. The summed E-state index contributed by atoms with van der Waals surface area (Å²) in [5, 5.41) is 12.1. The lowest BCUT2D eigenvalue weighted by molar-refractivity contribution is -0.134. The summed E-state index contributed by atoms with van der Waals surface area (Å²) in [6.07, 6.45) is 0.457. The fourth-order valence-electron chi connectivity index (χ4n) is 3.08. The third kappa shape index (κ3) is 3.99. The maximum absolute atomic E-state index is 12.9. The third-order valence-electron chi connectivity index (χ3n) is 4.89. The summed E-state index contributed by atoms with van der Waals surface area (Å²) in [4.78, 5) is 38.4. The Labute approximate surface area is 172 Å². The first-order valence-electron chi connectivity index (χ1n) is 8.92. The van der Waals surface area contributed by atoms with Gasteiger partial charge in [0.1, 0.15) is 23.7 Å². The molecule has 10 nitrogen and oxygen atoms in total. The van der Waals surface area contributed by atoms with Crippen LogP contribution in [0, 0.1) is 4.77 Å². The summed E-state index contributed by atoms with van der Waals surface area (Å²) in [6.45, 7) is 1.54. The van der Waals surface area contributed by atoms with Gasteiger partial charge in [-0.2, -0.15) is 5.10 Å². The number of aromatic nitrogens is 3. The van der Waals surface area contributed by atoms with E-state index in [-0.39, 0.29) is 6.54 Å². The summed E-state index contributed by atoms with van der Waals surface area (Å²) in [5.74, 6) is 0.401. The average Bonchev–Trinajstić information content (AvgIpc) is 3.14. The predicted molar refractivity (Wildman–Crippen MR) is 106 cm³/mol. The van der Waals surface area contributed by atoms with Crippen molar-refractivity contribution in [1.29, 1.82) is 0 Å². The number of urea groups is 1. The molecule has 3 N–H and O–H groups in total. The molecule has 0 spiro atoms. The molecule has 1 aliphatic rings. The predicted octanol–water partition coefficient (Wildman–Crippen LogP) is 0.612. The molecule has 1 aliphatic heterocycles. The highest BCUT2D eigenvalue weighted by Gasteiger charge is 2.49. The van der Waals surface area contributed by atoms with Gasteiger partial charge in [0.05, 0.1) is 7.11 Å². The van der Waals surface area contributed by atoms with Crippen LogP contribution in [0.2, 0.25) is 0 Å². The van der Waals surface area contributed by atoms with Gasteiger partial charge in [0.25, 0.3) is 5.91 Å². The van der Waals surface area contributed by atoms with Crippen molar-refractivity contribution in [3.05, 3.63) is 40.4 Å². The Morgan fingerprint density at radius 1 is 1.31 bits per heavy atom. The second-order valence-corrected chi connectivity index (χ2v) is 7.17. The SMILES string of the molecule is COc1ccc(C2(C)NC(=O)N(CC(=O)NCCc3n[nH]c(=S)n3C)C2=O)cc1. The van der Waals surface area contributed by atoms with Crippen molar-refractivity contribution in [2.45, 2.75) is 18.9 Å². The maximum Gasteiger partial charge on any atom is 0.325 e. The Hall–Kier alpha value is -3.21. The van der Waals surface area contributed by atoms with E-state index in [0.717, 1.165) is 4.90 Å². The molecule has 3 rings (SSSR count). The van der Waals surface area contributed by atoms with Gasteiger partial charge >= 0.3 is 6.03 Å². The van der Waals surface area contributed by atoms with Crippen molar-refractivity contribution in [1.82, 2.24) is 30.3 Å². The van der Waals surface area contributed by atoms with Gasteiger partial charge in [-0.25, -0.2) is 4.79 Å². The number of H-pyrrole nitrogens is 1. The van der Waals surface area contributed by atoms with Gasteiger partial charge in [-0.3, -0.25) is 19.6 Å². The zero-order chi connectivity index (χ0) is 21.2. The van der Waals surface area contributed by atoms with Gasteiger partial charge in [0.2, 0.25) is 5.91 Å². The number of hydrogen-bond donors (Lipinski definition) is 3. The zero-order valence-corrected chi connectivity index (χ0v) is 17.1. The van der Waals surface area contributed by atoms with Gasteiger partial charge in [-0.15, -0.1) is 0 Å². The summed E-state index contributed by atoms with van der Waals surface area (Å²) >= 11 is 5.04. The van der Waals surface area contributed by atoms with Crippen molar-refractivity contribution in [3.63, 3.8) is 0 Å². The fourth-order valence-corrected chi connectivity index (χ4v) is 3.23. The minimum absolute atomic E-state index is 0.297. The van der Waals surface area contributed by atoms with Gasteiger partial charge in [0.15, 0.2) is 4.77 Å². The average molecular weight is 418 g/mol. The molecule has 1 aromatic carbocycles. The second-order valence-electron chi connectivity index (χ2n) is 6.78. The van der Waals surface area contributed by atoms with Crippen LogP contribution in [0.5, 0.6) is 5.75 Å². The minimum atomic E-state index is -1.24. The molecule has 0 saturated carbocycles. The lowest BCUT2D eigenvalue weighted by Gasteiger charge is -2.22. The molecular formula is C18H22N6O4S. The molecule has 0 aliphatic carbocycles. The van der Waals surface area contributed by atoms with Crippen molar-refractivity contribution < 1.29 is 19.1 Å². The smallest absolute Gasteiger partial charge is 0.325 e. The zero-order valence-electron chi connectivity index (χ0n) is 16.3. The molecule has 2 heterocycles. The molecule has 1 unspecified atom stereocenters. The van der Waals surface area contributed by atoms with Gasteiger partial charge in [-0.05, 0) is 36.8 Å². The number of rotatable bonds is 7. The largest absolute Gasteiger partial charge is 0.497 e. The number of ether oxygens (including phenoxy) is 1. The number of nitrogens with zero attached hydrogens (tertiary/aromatic N) is 3. The molecular weight excluding hydrogens is 396 g/mol. The second kappa shape index (κ2) is 8.03. The molecule has 4 amide bonds. The standard InChI is InChI=1S/C18H22N6O4S/c1-18(11-4-6-12(28-3)7-5-11)15(26)24(16(27)20-18)10-14(25)19-9-8-13-21-22-17(29)23(13)2/h4-7H,8-10H2,1-3H3,(H,19,25)(H,20,27)(H,22,29). The maximum atomic E-state index is 12.9. The molecule has 1 fully saturated rings. The van der Waals surface area contributed by atoms with Gasteiger partial charge in [0, 0.05) is 20.0 Å². The number of aromatic amines is 1. The molecule has 29 heavy (non-hydrogen) atoms. The normalized spacial score (nSPS) is 18.7. The lowest BCUT2D eigenvalue weighted by atomic mass is 9.92. The monoisotopic (exact) mass is 418 g/mol. The number of carbonyl (C=O) groups excluding carboxylic acids is 3. The summed E-state index contributed by atoms with van der Waals surface area (Å²) in [6, 6.07) is 6.21. The highest BCUT2D eigenvalue weighted by molar-refractivity contribution is 7.71. The third-order valence-corrected chi connectivity index (χ3v) is 5.25. The van der Waals surface area contributed by atoms with E-state index in [1.165, 1.54) is 0 Å². The highest BCUT2D eigenvalue weighted by Crippen LogP contribution is 2.29. The van der Waals surface area contributed by atoms with Gasteiger partial charge in [-0.1, -0.05) is 12.1 Å². The van der Waals surface area contributed by atoms with E-state index in [1.807, 2.05) is 0 Å². The molecule has 2 aromatic rings. The van der Waals surface area contributed by atoms with E-state index in [0.29, 0.717) is 34.9 Å². The van der Waals surface area contributed by atoms with Crippen molar-refractivity contribution >= 4 is 30.1 Å². The minimum Gasteiger partial charge on any atom is -0.497 e. The van der Waals surface area contributed by atoms with E-state index in [4.69, 9.17) is 17.0 Å². The van der Waals surface area contributed by atoms with Crippen molar-refractivity contribution in [3.8, 4) is 5.75 Å². The van der Waals surface area contributed by atoms with Crippen LogP contribution in [0.25, 0.3) is 0 Å². The molecule has 1 aromatic heterocycles. The van der Waals surface area contributed by atoms with Crippen LogP contribution in [0.1, 0.15) is 18.3 Å². The number of carbonyl (C=O) groups is 3. The summed E-state index contributed by atoms with van der Waals surface area (Å²) in [7, 11) is 3.32. The van der Waals surface area contributed by atoms with Crippen LogP contribution in [-0.4, -0.2) is 57.7 Å². The molecule has 0 bridgehead atoms. The first-order chi connectivity index (χ1) is 13.8. The van der Waals surface area contributed by atoms with Gasteiger partial charge < -0.3 is 19.9 Å². The van der Waals surface area contributed by atoms with E-state index in [1.54, 1.807) is 49.9 Å². The van der Waals surface area contributed by atoms with E-state index in [2.05, 4.69) is 20.8 Å². The molecule has 1 saturated heterocycles. The van der Waals surface area contributed by atoms with Crippen molar-refractivity contribution in [2.24, 2.45) is 7.05 Å². The summed E-state index contributed by atoms with van der Waals surface area (Å²) < 4.78 is 7.31.